The number of anilines is 1. The quantitative estimate of drug-likeness (QED) is 0.845. The molecule has 2 saturated carbocycles. The highest BCUT2D eigenvalue weighted by molar-refractivity contribution is 7.14. The maximum absolute atomic E-state index is 12.4. The molecule has 136 valence electrons. The fourth-order valence-corrected chi connectivity index (χ4v) is 5.65. The summed E-state index contributed by atoms with van der Waals surface area (Å²) in [7, 11) is 0. The lowest BCUT2D eigenvalue weighted by Gasteiger charge is -2.28. The van der Waals surface area contributed by atoms with Gasteiger partial charge in [-0.15, -0.1) is 11.3 Å². The summed E-state index contributed by atoms with van der Waals surface area (Å²) in [5, 5.41) is 8.58. The molecule has 1 aromatic heterocycles. The Balaban J connectivity index is 1.31. The van der Waals surface area contributed by atoms with Crippen LogP contribution in [0.15, 0.2) is 5.38 Å². The standard InChI is InChI=1S/C18H26N4O2S/c1-11(15-8-12-3-4-13(15)7-12)20-16(23)9-14-10-25-18(21-14)22-6-2-5-19-17(22)24/h10-13,15H,2-9H2,1H3,(H,19,24)(H,20,23)/t11-,12-,13-,15+/m0/s1. The van der Waals surface area contributed by atoms with Crippen molar-refractivity contribution in [3.63, 3.8) is 0 Å². The summed E-state index contributed by atoms with van der Waals surface area (Å²) < 4.78 is 0. The molecule has 7 heteroatoms. The van der Waals surface area contributed by atoms with Crippen molar-refractivity contribution in [3.8, 4) is 0 Å². The van der Waals surface area contributed by atoms with Crippen molar-refractivity contribution in [2.45, 2.75) is 51.5 Å². The SMILES string of the molecule is C[C@H](NC(=O)Cc1csc(N2CCCNC2=O)n1)[C@H]1C[C@H]2CC[C@H]1C2. The lowest BCUT2D eigenvalue weighted by atomic mass is 9.84. The van der Waals surface area contributed by atoms with E-state index < -0.39 is 0 Å². The Morgan fingerprint density at radius 3 is 3.08 bits per heavy atom. The van der Waals surface area contributed by atoms with Gasteiger partial charge in [0.15, 0.2) is 5.13 Å². The molecule has 1 saturated heterocycles. The van der Waals surface area contributed by atoms with E-state index in [1.165, 1.54) is 37.0 Å². The number of carbonyl (C=O) groups excluding carboxylic acids is 2. The van der Waals surface area contributed by atoms with Crippen molar-refractivity contribution in [1.29, 1.82) is 0 Å². The van der Waals surface area contributed by atoms with Gasteiger partial charge in [0, 0.05) is 24.5 Å². The van der Waals surface area contributed by atoms with Gasteiger partial charge in [0.2, 0.25) is 5.91 Å². The molecule has 3 amide bonds. The molecule has 3 fully saturated rings. The van der Waals surface area contributed by atoms with Crippen LogP contribution in [0, 0.1) is 17.8 Å². The third kappa shape index (κ3) is 3.52. The molecule has 2 aliphatic carbocycles. The number of thiazole rings is 1. The third-order valence-electron chi connectivity index (χ3n) is 6.02. The average Bonchev–Trinajstić information content (AvgIpc) is 3.31. The van der Waals surface area contributed by atoms with Gasteiger partial charge in [-0.3, -0.25) is 9.69 Å². The van der Waals surface area contributed by atoms with Gasteiger partial charge in [0.25, 0.3) is 0 Å². The predicted molar refractivity (Wildman–Crippen MR) is 97.7 cm³/mol. The van der Waals surface area contributed by atoms with E-state index in [-0.39, 0.29) is 24.4 Å². The molecule has 25 heavy (non-hydrogen) atoms. The molecular weight excluding hydrogens is 336 g/mol. The van der Waals surface area contributed by atoms with Crippen LogP contribution in [-0.4, -0.2) is 36.1 Å². The van der Waals surface area contributed by atoms with E-state index in [1.54, 1.807) is 4.90 Å². The molecule has 1 aliphatic heterocycles. The van der Waals surface area contributed by atoms with Crippen LogP contribution < -0.4 is 15.5 Å². The van der Waals surface area contributed by atoms with Crippen molar-refractivity contribution in [2.75, 3.05) is 18.0 Å². The minimum absolute atomic E-state index is 0.0372. The summed E-state index contributed by atoms with van der Waals surface area (Å²) in [6, 6.07) is 0.148. The number of hydrogen-bond donors (Lipinski definition) is 2. The number of rotatable bonds is 5. The van der Waals surface area contributed by atoms with Crippen molar-refractivity contribution >= 4 is 28.4 Å². The predicted octanol–water partition coefficient (Wildman–Crippen LogP) is 2.55. The molecule has 0 unspecified atom stereocenters. The maximum atomic E-state index is 12.4. The number of nitrogens with zero attached hydrogens (tertiary/aromatic N) is 2. The molecule has 2 bridgehead atoms. The van der Waals surface area contributed by atoms with Gasteiger partial charge < -0.3 is 10.6 Å². The number of carbonyl (C=O) groups is 2. The number of aromatic nitrogens is 1. The second-order valence-electron chi connectivity index (χ2n) is 7.73. The van der Waals surface area contributed by atoms with Crippen LogP contribution in [0.25, 0.3) is 0 Å². The Bertz CT molecular complexity index is 661. The van der Waals surface area contributed by atoms with Gasteiger partial charge in [-0.25, -0.2) is 9.78 Å². The Morgan fingerprint density at radius 1 is 1.48 bits per heavy atom. The smallest absolute Gasteiger partial charge is 0.323 e. The second kappa shape index (κ2) is 6.94. The second-order valence-corrected chi connectivity index (χ2v) is 8.57. The molecule has 0 spiro atoms. The Hall–Kier alpha value is -1.63. The van der Waals surface area contributed by atoms with E-state index in [9.17, 15) is 9.59 Å². The van der Waals surface area contributed by atoms with Crippen LogP contribution in [0.5, 0.6) is 0 Å². The molecular formula is C18H26N4O2S. The highest BCUT2D eigenvalue weighted by Crippen LogP contribution is 2.49. The first kappa shape index (κ1) is 16.8. The maximum Gasteiger partial charge on any atom is 0.323 e. The third-order valence-corrected chi connectivity index (χ3v) is 6.93. The van der Waals surface area contributed by atoms with Crippen LogP contribution in [0.3, 0.4) is 0 Å². The van der Waals surface area contributed by atoms with Gasteiger partial charge in [-0.05, 0) is 50.4 Å². The zero-order valence-electron chi connectivity index (χ0n) is 14.7. The van der Waals surface area contributed by atoms with E-state index in [0.29, 0.717) is 17.6 Å². The summed E-state index contributed by atoms with van der Waals surface area (Å²) >= 11 is 1.43. The highest BCUT2D eigenvalue weighted by atomic mass is 32.1. The summed E-state index contributed by atoms with van der Waals surface area (Å²) in [6.45, 7) is 3.55. The fraction of sp³-hybridized carbons (Fsp3) is 0.722. The minimum Gasteiger partial charge on any atom is -0.353 e. The van der Waals surface area contributed by atoms with Crippen LogP contribution in [-0.2, 0) is 11.2 Å². The zero-order chi connectivity index (χ0) is 17.4. The molecule has 1 aromatic rings. The monoisotopic (exact) mass is 362 g/mol. The molecule has 3 aliphatic rings. The largest absolute Gasteiger partial charge is 0.353 e. The summed E-state index contributed by atoms with van der Waals surface area (Å²) in [5.41, 5.74) is 0.746. The number of nitrogens with one attached hydrogen (secondary N) is 2. The van der Waals surface area contributed by atoms with Gasteiger partial charge >= 0.3 is 6.03 Å². The van der Waals surface area contributed by atoms with Crippen molar-refractivity contribution in [1.82, 2.24) is 15.6 Å². The fourth-order valence-electron chi connectivity index (χ4n) is 4.80. The van der Waals surface area contributed by atoms with Gasteiger partial charge in [-0.2, -0.15) is 0 Å². The first-order chi connectivity index (χ1) is 12.1. The van der Waals surface area contributed by atoms with Gasteiger partial charge in [-0.1, -0.05) is 6.42 Å². The average molecular weight is 362 g/mol. The Morgan fingerprint density at radius 2 is 2.36 bits per heavy atom. The highest BCUT2D eigenvalue weighted by Gasteiger charge is 2.42. The minimum atomic E-state index is -0.0958. The van der Waals surface area contributed by atoms with Crippen LogP contribution in [0.2, 0.25) is 0 Å². The zero-order valence-corrected chi connectivity index (χ0v) is 15.5. The van der Waals surface area contributed by atoms with E-state index >= 15 is 0 Å². The molecule has 0 aromatic carbocycles. The number of hydrogen-bond acceptors (Lipinski definition) is 4. The normalized spacial score (nSPS) is 29.6. The molecule has 2 heterocycles. The molecule has 0 radical (unpaired) electrons. The lowest BCUT2D eigenvalue weighted by Crippen LogP contribution is -2.46. The van der Waals surface area contributed by atoms with E-state index in [4.69, 9.17) is 0 Å². The van der Waals surface area contributed by atoms with E-state index in [1.807, 2.05) is 5.38 Å². The number of urea groups is 1. The van der Waals surface area contributed by atoms with Crippen molar-refractivity contribution < 1.29 is 9.59 Å². The number of amides is 3. The van der Waals surface area contributed by atoms with Gasteiger partial charge in [0.1, 0.15) is 0 Å². The summed E-state index contributed by atoms with van der Waals surface area (Å²) in [5.74, 6) is 2.39. The topological polar surface area (TPSA) is 74.3 Å². The first-order valence-electron chi connectivity index (χ1n) is 9.39. The molecule has 4 rings (SSSR count). The van der Waals surface area contributed by atoms with Gasteiger partial charge in [0.05, 0.1) is 12.1 Å². The van der Waals surface area contributed by atoms with Crippen LogP contribution in [0.1, 0.15) is 44.7 Å². The summed E-state index contributed by atoms with van der Waals surface area (Å²) in [4.78, 5) is 30.4. The Labute approximate surface area is 152 Å². The van der Waals surface area contributed by atoms with Crippen LogP contribution in [0.4, 0.5) is 9.93 Å². The molecule has 6 nitrogen and oxygen atoms in total. The van der Waals surface area contributed by atoms with Crippen molar-refractivity contribution in [3.05, 3.63) is 11.1 Å². The number of fused-ring (bicyclic) bond motifs is 2. The molecule has 2 N–H and O–H groups in total. The lowest BCUT2D eigenvalue weighted by molar-refractivity contribution is -0.121. The Kier molecular flexibility index (Phi) is 4.67. The van der Waals surface area contributed by atoms with E-state index in [2.05, 4.69) is 22.5 Å². The van der Waals surface area contributed by atoms with E-state index in [0.717, 1.165) is 30.5 Å². The summed E-state index contributed by atoms with van der Waals surface area (Å²) in [6.07, 6.45) is 6.56. The van der Waals surface area contributed by atoms with Crippen molar-refractivity contribution in [2.24, 2.45) is 17.8 Å². The molecule has 4 atom stereocenters. The first-order valence-corrected chi connectivity index (χ1v) is 10.3. The van der Waals surface area contributed by atoms with Crippen LogP contribution >= 0.6 is 11.3 Å².